The Kier molecular flexibility index (Phi) is 4.82. The Morgan fingerprint density at radius 1 is 1.29 bits per heavy atom. The first-order valence-corrected chi connectivity index (χ1v) is 6.24. The molecule has 1 fully saturated rings. The Morgan fingerprint density at radius 2 is 2.12 bits per heavy atom. The summed E-state index contributed by atoms with van der Waals surface area (Å²) in [5.74, 6) is 0.654. The van der Waals surface area contributed by atoms with E-state index in [1.807, 2.05) is 0 Å². The van der Waals surface area contributed by atoms with Crippen molar-refractivity contribution in [2.75, 3.05) is 46.1 Å². The molecule has 0 aromatic rings. The second-order valence-electron chi connectivity index (χ2n) is 4.28. The normalized spacial score (nSPS) is 22.5. The van der Waals surface area contributed by atoms with Crippen molar-refractivity contribution in [1.82, 2.24) is 4.90 Å². The van der Waals surface area contributed by atoms with E-state index < -0.39 is 0 Å². The molecule has 5 heteroatoms. The van der Waals surface area contributed by atoms with Crippen LogP contribution in [0.25, 0.3) is 0 Å². The standard InChI is InChI=1S/C12H21N3O2/c13-12(15-5-9-17-10-6-15)14-4-1-11-2-7-16-8-3-11/h2H,1,3-10H2,(H2,13,14). The topological polar surface area (TPSA) is 60.1 Å². The zero-order chi connectivity index (χ0) is 11.9. The van der Waals surface area contributed by atoms with Crippen LogP contribution in [0.4, 0.5) is 0 Å². The third-order valence-electron chi connectivity index (χ3n) is 3.10. The summed E-state index contributed by atoms with van der Waals surface area (Å²) in [6, 6.07) is 0. The lowest BCUT2D eigenvalue weighted by Gasteiger charge is -2.27. The maximum atomic E-state index is 5.94. The van der Waals surface area contributed by atoms with Gasteiger partial charge in [0.1, 0.15) is 0 Å². The van der Waals surface area contributed by atoms with Crippen LogP contribution in [-0.2, 0) is 9.47 Å². The number of ether oxygens (including phenoxy) is 2. The van der Waals surface area contributed by atoms with E-state index in [1.54, 1.807) is 0 Å². The van der Waals surface area contributed by atoms with Gasteiger partial charge in [0.15, 0.2) is 5.96 Å². The van der Waals surface area contributed by atoms with Crippen molar-refractivity contribution in [2.24, 2.45) is 10.7 Å². The maximum absolute atomic E-state index is 5.94. The van der Waals surface area contributed by atoms with E-state index in [1.165, 1.54) is 5.57 Å². The number of nitrogens with zero attached hydrogens (tertiary/aromatic N) is 2. The molecule has 5 nitrogen and oxygen atoms in total. The number of morpholine rings is 1. The smallest absolute Gasteiger partial charge is 0.191 e. The molecule has 0 saturated carbocycles. The predicted molar refractivity (Wildman–Crippen MR) is 67.0 cm³/mol. The highest BCUT2D eigenvalue weighted by atomic mass is 16.5. The van der Waals surface area contributed by atoms with E-state index in [-0.39, 0.29) is 0 Å². The van der Waals surface area contributed by atoms with Crippen LogP contribution < -0.4 is 5.73 Å². The fourth-order valence-corrected chi connectivity index (χ4v) is 2.00. The minimum atomic E-state index is 0.654. The molecule has 1 saturated heterocycles. The van der Waals surface area contributed by atoms with Gasteiger partial charge >= 0.3 is 0 Å². The minimum absolute atomic E-state index is 0.654. The highest BCUT2D eigenvalue weighted by Gasteiger charge is 2.11. The summed E-state index contributed by atoms with van der Waals surface area (Å²) in [5.41, 5.74) is 7.38. The molecule has 2 aliphatic heterocycles. The Bertz CT molecular complexity index is 296. The number of nitrogens with two attached hydrogens (primary N) is 1. The van der Waals surface area contributed by atoms with E-state index in [9.17, 15) is 0 Å². The highest BCUT2D eigenvalue weighted by Crippen LogP contribution is 2.11. The Balaban J connectivity index is 1.73. The van der Waals surface area contributed by atoms with E-state index in [2.05, 4.69) is 16.0 Å². The monoisotopic (exact) mass is 239 g/mol. The lowest BCUT2D eigenvalue weighted by molar-refractivity contribution is 0.0674. The number of rotatable bonds is 3. The van der Waals surface area contributed by atoms with Gasteiger partial charge in [-0.2, -0.15) is 0 Å². The lowest BCUT2D eigenvalue weighted by Crippen LogP contribution is -2.44. The largest absolute Gasteiger partial charge is 0.378 e. The van der Waals surface area contributed by atoms with Gasteiger partial charge in [0.2, 0.25) is 0 Å². The molecular weight excluding hydrogens is 218 g/mol. The first-order chi connectivity index (χ1) is 8.36. The summed E-state index contributed by atoms with van der Waals surface area (Å²) >= 11 is 0. The van der Waals surface area contributed by atoms with Crippen LogP contribution in [-0.4, -0.2) is 56.9 Å². The maximum Gasteiger partial charge on any atom is 0.191 e. The Hall–Kier alpha value is -1.07. The van der Waals surface area contributed by atoms with Crippen molar-refractivity contribution < 1.29 is 9.47 Å². The van der Waals surface area contributed by atoms with Crippen LogP contribution in [0.5, 0.6) is 0 Å². The quantitative estimate of drug-likeness (QED) is 0.439. The fourth-order valence-electron chi connectivity index (χ4n) is 2.00. The van der Waals surface area contributed by atoms with Crippen molar-refractivity contribution in [3.63, 3.8) is 0 Å². The van der Waals surface area contributed by atoms with Crippen LogP contribution in [0.15, 0.2) is 16.6 Å². The summed E-state index contributed by atoms with van der Waals surface area (Å²) in [5, 5.41) is 0. The number of guanidine groups is 1. The third-order valence-corrected chi connectivity index (χ3v) is 3.10. The molecule has 2 N–H and O–H groups in total. The van der Waals surface area contributed by atoms with Crippen LogP contribution in [0, 0.1) is 0 Å². The molecule has 0 atom stereocenters. The molecule has 0 spiro atoms. The summed E-state index contributed by atoms with van der Waals surface area (Å²) in [6.07, 6.45) is 4.19. The van der Waals surface area contributed by atoms with Crippen molar-refractivity contribution in [3.8, 4) is 0 Å². The molecule has 2 rings (SSSR count). The van der Waals surface area contributed by atoms with Gasteiger partial charge in [-0.25, -0.2) is 0 Å². The van der Waals surface area contributed by atoms with Crippen molar-refractivity contribution >= 4 is 5.96 Å². The Morgan fingerprint density at radius 3 is 2.82 bits per heavy atom. The zero-order valence-corrected chi connectivity index (χ0v) is 10.2. The predicted octanol–water partition coefficient (Wildman–Crippen LogP) is 0.370. The molecule has 0 aromatic heterocycles. The van der Waals surface area contributed by atoms with Gasteiger partial charge in [-0.1, -0.05) is 11.6 Å². The second kappa shape index (κ2) is 6.61. The molecule has 0 radical (unpaired) electrons. The third kappa shape index (κ3) is 4.02. The zero-order valence-electron chi connectivity index (χ0n) is 10.2. The number of aliphatic imine (C=N–C) groups is 1. The summed E-state index contributed by atoms with van der Waals surface area (Å²) in [7, 11) is 0. The first kappa shape index (κ1) is 12.4. The first-order valence-electron chi connectivity index (χ1n) is 6.24. The molecule has 17 heavy (non-hydrogen) atoms. The van der Waals surface area contributed by atoms with E-state index in [4.69, 9.17) is 15.2 Å². The number of hydrogen-bond acceptors (Lipinski definition) is 3. The van der Waals surface area contributed by atoms with Crippen LogP contribution >= 0.6 is 0 Å². The van der Waals surface area contributed by atoms with Crippen molar-refractivity contribution in [1.29, 1.82) is 0 Å². The van der Waals surface area contributed by atoms with Gasteiger partial charge in [-0.05, 0) is 12.8 Å². The molecule has 0 amide bonds. The summed E-state index contributed by atoms with van der Waals surface area (Å²) < 4.78 is 10.5. The molecule has 2 heterocycles. The van der Waals surface area contributed by atoms with Crippen molar-refractivity contribution in [3.05, 3.63) is 11.6 Å². The molecule has 96 valence electrons. The highest BCUT2D eigenvalue weighted by molar-refractivity contribution is 5.78. The SMILES string of the molecule is NC(=NCCC1=CCOCC1)N1CCOCC1. The average molecular weight is 239 g/mol. The van der Waals surface area contributed by atoms with E-state index >= 15 is 0 Å². The number of hydrogen-bond donors (Lipinski definition) is 1. The molecular formula is C12H21N3O2. The van der Waals surface area contributed by atoms with Gasteiger partial charge in [0.25, 0.3) is 0 Å². The molecule has 0 aliphatic carbocycles. The molecule has 0 bridgehead atoms. The summed E-state index contributed by atoms with van der Waals surface area (Å²) in [4.78, 5) is 6.51. The van der Waals surface area contributed by atoms with Gasteiger partial charge in [-0.15, -0.1) is 0 Å². The van der Waals surface area contributed by atoms with Crippen molar-refractivity contribution in [2.45, 2.75) is 12.8 Å². The fraction of sp³-hybridized carbons (Fsp3) is 0.750. The van der Waals surface area contributed by atoms with E-state index in [0.717, 1.165) is 58.9 Å². The average Bonchev–Trinajstić information content (AvgIpc) is 2.41. The van der Waals surface area contributed by atoms with Crippen LogP contribution in [0.3, 0.4) is 0 Å². The second-order valence-corrected chi connectivity index (χ2v) is 4.28. The lowest BCUT2D eigenvalue weighted by atomic mass is 10.1. The van der Waals surface area contributed by atoms with Gasteiger partial charge in [-0.3, -0.25) is 4.99 Å². The van der Waals surface area contributed by atoms with E-state index in [0.29, 0.717) is 5.96 Å². The molecule has 0 unspecified atom stereocenters. The molecule has 2 aliphatic rings. The Labute approximate surface area is 102 Å². The van der Waals surface area contributed by atoms with Gasteiger partial charge < -0.3 is 20.1 Å². The van der Waals surface area contributed by atoms with Gasteiger partial charge in [0.05, 0.1) is 26.4 Å². The molecule has 0 aromatic carbocycles. The summed E-state index contributed by atoms with van der Waals surface area (Å²) in [6.45, 7) is 5.57. The van der Waals surface area contributed by atoms with Gasteiger partial charge in [0, 0.05) is 19.6 Å². The minimum Gasteiger partial charge on any atom is -0.378 e. The van der Waals surface area contributed by atoms with Crippen LogP contribution in [0.1, 0.15) is 12.8 Å². The van der Waals surface area contributed by atoms with Crippen LogP contribution in [0.2, 0.25) is 0 Å².